The number of carbonyl (C=O) groups excluding carboxylic acids is 1. The molecule has 0 radical (unpaired) electrons. The fourth-order valence-corrected chi connectivity index (χ4v) is 3.92. The van der Waals surface area contributed by atoms with E-state index >= 15 is 0 Å². The van der Waals surface area contributed by atoms with Crippen molar-refractivity contribution in [3.63, 3.8) is 0 Å². The van der Waals surface area contributed by atoms with Gasteiger partial charge in [-0.3, -0.25) is 14.3 Å². The molecule has 4 heterocycles. The summed E-state index contributed by atoms with van der Waals surface area (Å²) in [6.07, 6.45) is 5.17. The highest BCUT2D eigenvalue weighted by molar-refractivity contribution is 5.96. The van der Waals surface area contributed by atoms with Crippen molar-refractivity contribution in [3.05, 3.63) is 72.1 Å². The molecule has 1 aliphatic heterocycles. The maximum absolute atomic E-state index is 13.1. The molecule has 0 saturated carbocycles. The summed E-state index contributed by atoms with van der Waals surface area (Å²) in [6.45, 7) is 6.62. The molecule has 0 aliphatic carbocycles. The number of anilines is 1. The molecule has 0 unspecified atom stereocenters. The summed E-state index contributed by atoms with van der Waals surface area (Å²) in [6, 6.07) is 11.8. The van der Waals surface area contributed by atoms with Gasteiger partial charge in [0, 0.05) is 44.3 Å². The Balaban J connectivity index is 1.32. The number of pyridine rings is 1. The van der Waals surface area contributed by atoms with E-state index in [1.165, 1.54) is 0 Å². The summed E-state index contributed by atoms with van der Waals surface area (Å²) in [4.78, 5) is 35.2. The first-order valence-corrected chi connectivity index (χ1v) is 10.3. The maximum Gasteiger partial charge on any atom is 0.255 e. The smallest absolute Gasteiger partial charge is 0.255 e. The number of rotatable bonds is 3. The number of benzene rings is 1. The minimum Gasteiger partial charge on any atom is -0.352 e. The fourth-order valence-electron chi connectivity index (χ4n) is 3.92. The predicted octanol–water partition coefficient (Wildman–Crippen LogP) is 2.79. The highest BCUT2D eigenvalue weighted by atomic mass is 16.2. The van der Waals surface area contributed by atoms with Crippen LogP contribution in [0.2, 0.25) is 0 Å². The van der Waals surface area contributed by atoms with Crippen LogP contribution in [0.25, 0.3) is 16.9 Å². The molecule has 8 heteroatoms. The number of carbonyl (C=O) groups is 1. The van der Waals surface area contributed by atoms with Gasteiger partial charge in [0.1, 0.15) is 17.7 Å². The third kappa shape index (κ3) is 3.61. The van der Waals surface area contributed by atoms with Gasteiger partial charge in [-0.25, -0.2) is 15.0 Å². The van der Waals surface area contributed by atoms with Gasteiger partial charge in [-0.15, -0.1) is 0 Å². The molecule has 0 spiro atoms. The van der Waals surface area contributed by atoms with Crippen molar-refractivity contribution in [2.45, 2.75) is 13.8 Å². The zero-order chi connectivity index (χ0) is 21.4. The Labute approximate surface area is 180 Å². The second kappa shape index (κ2) is 7.79. The number of hydrogen-bond acceptors (Lipinski definition) is 6. The highest BCUT2D eigenvalue weighted by Gasteiger charge is 2.24. The molecule has 1 aromatic carbocycles. The first-order chi connectivity index (χ1) is 15.1. The lowest BCUT2D eigenvalue weighted by Gasteiger charge is -2.35. The monoisotopic (exact) mass is 413 g/mol. The quantitative estimate of drug-likeness (QED) is 0.514. The first kappa shape index (κ1) is 19.2. The van der Waals surface area contributed by atoms with Crippen LogP contribution in [-0.2, 0) is 0 Å². The minimum atomic E-state index is -0.0182. The number of nitrogens with zero attached hydrogens (tertiary/aromatic N) is 7. The number of imidazole rings is 1. The van der Waals surface area contributed by atoms with Crippen molar-refractivity contribution < 1.29 is 4.79 Å². The van der Waals surface area contributed by atoms with Crippen LogP contribution in [0.1, 0.15) is 21.7 Å². The molecule has 8 nitrogen and oxygen atoms in total. The molecule has 1 amide bonds. The summed E-state index contributed by atoms with van der Waals surface area (Å²) >= 11 is 0. The van der Waals surface area contributed by atoms with Gasteiger partial charge < -0.3 is 9.80 Å². The lowest BCUT2D eigenvalue weighted by Crippen LogP contribution is -2.49. The second-order valence-corrected chi connectivity index (χ2v) is 7.72. The summed E-state index contributed by atoms with van der Waals surface area (Å²) < 4.78 is 1.92. The second-order valence-electron chi connectivity index (χ2n) is 7.72. The van der Waals surface area contributed by atoms with E-state index in [9.17, 15) is 4.79 Å². The third-order valence-corrected chi connectivity index (χ3v) is 5.59. The van der Waals surface area contributed by atoms with Crippen molar-refractivity contribution in [2.75, 3.05) is 31.1 Å². The third-order valence-electron chi connectivity index (χ3n) is 5.59. The number of aromatic nitrogens is 5. The lowest BCUT2D eigenvalue weighted by molar-refractivity contribution is 0.0746. The number of hydrogen-bond donors (Lipinski definition) is 0. The normalized spacial score (nSPS) is 14.3. The van der Waals surface area contributed by atoms with E-state index in [4.69, 9.17) is 0 Å². The molecule has 31 heavy (non-hydrogen) atoms. The summed E-state index contributed by atoms with van der Waals surface area (Å²) in [5.74, 6) is 0.886. The topological polar surface area (TPSA) is 80.0 Å². The largest absolute Gasteiger partial charge is 0.352 e. The van der Waals surface area contributed by atoms with Crippen LogP contribution >= 0.6 is 0 Å². The first-order valence-electron chi connectivity index (χ1n) is 10.3. The Morgan fingerprint density at radius 1 is 0.935 bits per heavy atom. The van der Waals surface area contributed by atoms with E-state index in [0.29, 0.717) is 24.2 Å². The van der Waals surface area contributed by atoms with E-state index in [1.807, 2.05) is 59.7 Å². The number of piperazine rings is 1. The van der Waals surface area contributed by atoms with Crippen molar-refractivity contribution in [2.24, 2.45) is 0 Å². The molecule has 1 fully saturated rings. The van der Waals surface area contributed by atoms with Gasteiger partial charge in [0.25, 0.3) is 5.91 Å². The van der Waals surface area contributed by atoms with Gasteiger partial charge in [0.15, 0.2) is 5.65 Å². The molecule has 3 aromatic heterocycles. The van der Waals surface area contributed by atoms with Gasteiger partial charge in [0.05, 0.1) is 17.0 Å². The number of para-hydroxylation sites is 1. The van der Waals surface area contributed by atoms with E-state index in [-0.39, 0.29) is 5.91 Å². The van der Waals surface area contributed by atoms with Crippen LogP contribution in [0.15, 0.2) is 55.1 Å². The molecule has 1 aliphatic rings. The fraction of sp³-hybridized carbons (Fsp3) is 0.261. The van der Waals surface area contributed by atoms with Crippen LogP contribution in [0.5, 0.6) is 0 Å². The summed E-state index contributed by atoms with van der Waals surface area (Å²) in [5, 5.41) is 0. The van der Waals surface area contributed by atoms with Gasteiger partial charge in [-0.05, 0) is 32.0 Å². The number of aryl methyl sites for hydroxylation is 2. The van der Waals surface area contributed by atoms with Gasteiger partial charge >= 0.3 is 0 Å². The molecule has 0 N–H and O–H groups in total. The van der Waals surface area contributed by atoms with Crippen molar-refractivity contribution in [3.8, 4) is 5.69 Å². The Hall–Kier alpha value is -3.81. The Morgan fingerprint density at radius 2 is 1.71 bits per heavy atom. The number of amides is 1. The number of fused-ring (bicyclic) bond motifs is 1. The lowest BCUT2D eigenvalue weighted by atomic mass is 10.2. The molecule has 0 atom stereocenters. The van der Waals surface area contributed by atoms with E-state index in [0.717, 1.165) is 41.6 Å². The van der Waals surface area contributed by atoms with Gasteiger partial charge in [0.2, 0.25) is 0 Å². The predicted molar refractivity (Wildman–Crippen MR) is 118 cm³/mol. The van der Waals surface area contributed by atoms with E-state index < -0.39 is 0 Å². The van der Waals surface area contributed by atoms with Crippen molar-refractivity contribution in [1.82, 2.24) is 29.4 Å². The average Bonchev–Trinajstić information content (AvgIpc) is 3.24. The molecule has 0 bridgehead atoms. The molecule has 156 valence electrons. The molecular formula is C23H23N7O. The molecule has 4 aromatic rings. The van der Waals surface area contributed by atoms with Crippen LogP contribution in [0.3, 0.4) is 0 Å². The SMILES string of the molecule is Cc1cnc(C)c(N2CCN(C(=O)c3cnc4c(c3)ncn4-c3ccccc3)CC2)n1. The Kier molecular flexibility index (Phi) is 4.82. The van der Waals surface area contributed by atoms with E-state index in [1.54, 1.807) is 18.7 Å². The molecule has 5 rings (SSSR count). The molecular weight excluding hydrogens is 390 g/mol. The van der Waals surface area contributed by atoms with Crippen LogP contribution in [0.4, 0.5) is 5.82 Å². The maximum atomic E-state index is 13.1. The highest BCUT2D eigenvalue weighted by Crippen LogP contribution is 2.20. The Bertz CT molecular complexity index is 1240. The van der Waals surface area contributed by atoms with Crippen molar-refractivity contribution in [1.29, 1.82) is 0 Å². The summed E-state index contributed by atoms with van der Waals surface area (Å²) in [7, 11) is 0. The average molecular weight is 413 g/mol. The standard InChI is InChI=1S/C23H23N7O/c1-16-13-24-17(2)21(27-16)28-8-10-29(11-9-28)23(31)18-12-20-22(25-14-18)30(15-26-20)19-6-4-3-5-7-19/h3-7,12-15H,8-11H2,1-2H3. The minimum absolute atomic E-state index is 0.0182. The molecule has 1 saturated heterocycles. The van der Waals surface area contributed by atoms with Crippen molar-refractivity contribution >= 4 is 22.9 Å². The van der Waals surface area contributed by atoms with Crippen LogP contribution in [0, 0.1) is 13.8 Å². The van der Waals surface area contributed by atoms with Gasteiger partial charge in [-0.2, -0.15) is 0 Å². The van der Waals surface area contributed by atoms with E-state index in [2.05, 4.69) is 24.8 Å². The summed E-state index contributed by atoms with van der Waals surface area (Å²) in [5.41, 5.74) is 4.80. The van der Waals surface area contributed by atoms with Crippen LogP contribution < -0.4 is 4.90 Å². The van der Waals surface area contributed by atoms with Gasteiger partial charge in [-0.1, -0.05) is 18.2 Å². The zero-order valence-electron chi connectivity index (χ0n) is 17.6. The zero-order valence-corrected chi connectivity index (χ0v) is 17.6. The Morgan fingerprint density at radius 3 is 2.48 bits per heavy atom. The van der Waals surface area contributed by atoms with Crippen LogP contribution in [-0.4, -0.2) is 61.5 Å².